The molecule has 0 heterocycles. The highest BCUT2D eigenvalue weighted by Crippen LogP contribution is 2.26. The van der Waals surface area contributed by atoms with Gasteiger partial charge in [0, 0.05) is 4.47 Å². The van der Waals surface area contributed by atoms with Crippen LogP contribution < -0.4 is 0 Å². The molecule has 0 aliphatic rings. The molecule has 2 N–H and O–H groups in total. The van der Waals surface area contributed by atoms with Gasteiger partial charge in [-0.15, -0.1) is 0 Å². The Balaban J connectivity index is 3.02. The van der Waals surface area contributed by atoms with Gasteiger partial charge in [-0.05, 0) is 23.8 Å². The Hall–Kier alpha value is -1.38. The summed E-state index contributed by atoms with van der Waals surface area (Å²) in [5, 5.41) is 26.7. The molecular weight excluding hydrogens is 262 g/mol. The van der Waals surface area contributed by atoms with Gasteiger partial charge in [-0.3, -0.25) is 4.79 Å². The van der Waals surface area contributed by atoms with Gasteiger partial charge in [0.05, 0.1) is 24.2 Å². The summed E-state index contributed by atoms with van der Waals surface area (Å²) >= 11 is 3.19. The molecule has 0 bridgehead atoms. The molecule has 0 radical (unpaired) electrons. The van der Waals surface area contributed by atoms with E-state index in [9.17, 15) is 9.90 Å². The number of aliphatic hydroxyl groups excluding tert-OH is 1. The number of nitrogens with zero attached hydrogens (tertiary/aromatic N) is 1. The maximum absolute atomic E-state index is 10.4. The summed E-state index contributed by atoms with van der Waals surface area (Å²) in [6, 6.07) is 6.59. The third kappa shape index (κ3) is 3.05. The molecule has 0 unspecified atom stereocenters. The number of carboxylic acid groups (broad SMARTS) is 1. The van der Waals surface area contributed by atoms with Crippen molar-refractivity contribution in [2.45, 2.75) is 12.5 Å². The van der Waals surface area contributed by atoms with Gasteiger partial charge in [0.2, 0.25) is 0 Å². The van der Waals surface area contributed by atoms with Gasteiger partial charge in [-0.25, -0.2) is 0 Å². The first-order valence-corrected chi connectivity index (χ1v) is 4.93. The van der Waals surface area contributed by atoms with Crippen LogP contribution in [0.15, 0.2) is 22.7 Å². The zero-order valence-electron chi connectivity index (χ0n) is 7.64. The van der Waals surface area contributed by atoms with Crippen molar-refractivity contribution in [1.29, 1.82) is 5.26 Å². The lowest BCUT2D eigenvalue weighted by Gasteiger charge is -2.10. The van der Waals surface area contributed by atoms with Crippen molar-refractivity contribution in [1.82, 2.24) is 0 Å². The first-order valence-electron chi connectivity index (χ1n) is 4.14. The van der Waals surface area contributed by atoms with Gasteiger partial charge in [0.25, 0.3) is 0 Å². The van der Waals surface area contributed by atoms with Crippen molar-refractivity contribution in [3.63, 3.8) is 0 Å². The van der Waals surface area contributed by atoms with Gasteiger partial charge < -0.3 is 10.2 Å². The van der Waals surface area contributed by atoms with Crippen LogP contribution in [0.25, 0.3) is 0 Å². The minimum atomic E-state index is -1.11. The van der Waals surface area contributed by atoms with Gasteiger partial charge in [0.15, 0.2) is 0 Å². The third-order valence-corrected chi connectivity index (χ3v) is 2.57. The molecule has 0 spiro atoms. The van der Waals surface area contributed by atoms with Crippen LogP contribution in [-0.2, 0) is 4.79 Å². The Bertz CT molecular complexity index is 425. The number of carbonyl (C=O) groups is 1. The van der Waals surface area contributed by atoms with E-state index in [2.05, 4.69) is 15.9 Å². The quantitative estimate of drug-likeness (QED) is 0.877. The summed E-state index contributed by atoms with van der Waals surface area (Å²) in [5.41, 5.74) is 0.800. The third-order valence-electron chi connectivity index (χ3n) is 1.85. The molecule has 5 heteroatoms. The monoisotopic (exact) mass is 269 g/mol. The second-order valence-corrected chi connectivity index (χ2v) is 3.82. The number of nitriles is 1. The van der Waals surface area contributed by atoms with E-state index in [0.717, 1.165) is 0 Å². The zero-order valence-corrected chi connectivity index (χ0v) is 9.23. The number of hydrogen-bond acceptors (Lipinski definition) is 3. The van der Waals surface area contributed by atoms with Crippen molar-refractivity contribution in [2.75, 3.05) is 0 Å². The SMILES string of the molecule is N#Cc1ccc(Br)c([C@H](O)CC(=O)O)c1. The van der Waals surface area contributed by atoms with Crippen molar-refractivity contribution in [3.8, 4) is 6.07 Å². The molecule has 0 saturated heterocycles. The van der Waals surface area contributed by atoms with Crippen LogP contribution in [0.1, 0.15) is 23.7 Å². The number of carboxylic acids is 1. The van der Waals surface area contributed by atoms with E-state index < -0.39 is 12.1 Å². The smallest absolute Gasteiger partial charge is 0.306 e. The van der Waals surface area contributed by atoms with Gasteiger partial charge in [-0.1, -0.05) is 15.9 Å². The number of rotatable bonds is 3. The average Bonchev–Trinajstić information content (AvgIpc) is 2.17. The molecule has 1 rings (SSSR count). The van der Waals surface area contributed by atoms with Crippen LogP contribution in [0, 0.1) is 11.3 Å². The number of hydrogen-bond donors (Lipinski definition) is 2. The molecule has 0 aliphatic carbocycles. The normalized spacial score (nSPS) is 11.8. The van der Waals surface area contributed by atoms with Crippen molar-refractivity contribution < 1.29 is 15.0 Å². The molecule has 15 heavy (non-hydrogen) atoms. The first kappa shape index (κ1) is 11.7. The largest absolute Gasteiger partial charge is 0.481 e. The number of aliphatic hydroxyl groups is 1. The highest BCUT2D eigenvalue weighted by molar-refractivity contribution is 9.10. The van der Waals surface area contributed by atoms with E-state index in [1.54, 1.807) is 12.1 Å². The topological polar surface area (TPSA) is 81.3 Å². The average molecular weight is 270 g/mol. The van der Waals surface area contributed by atoms with E-state index in [-0.39, 0.29) is 6.42 Å². The van der Waals surface area contributed by atoms with E-state index in [0.29, 0.717) is 15.6 Å². The Morgan fingerprint density at radius 3 is 2.80 bits per heavy atom. The van der Waals surface area contributed by atoms with E-state index in [4.69, 9.17) is 10.4 Å². The Morgan fingerprint density at radius 2 is 2.27 bits per heavy atom. The predicted octanol–water partition coefficient (Wildman–Crippen LogP) is 1.83. The van der Waals surface area contributed by atoms with E-state index >= 15 is 0 Å². The van der Waals surface area contributed by atoms with Gasteiger partial charge >= 0.3 is 5.97 Å². The van der Waals surface area contributed by atoms with Crippen molar-refractivity contribution in [2.24, 2.45) is 0 Å². The fourth-order valence-corrected chi connectivity index (χ4v) is 1.65. The minimum absolute atomic E-state index is 0.381. The number of benzene rings is 1. The standard InChI is InChI=1S/C10H8BrNO3/c11-8-2-1-6(5-12)3-7(8)9(13)4-10(14)15/h1-3,9,13H,4H2,(H,14,15)/t9-/m1/s1. The molecule has 1 aromatic carbocycles. The molecule has 0 saturated carbocycles. The molecule has 0 aliphatic heterocycles. The summed E-state index contributed by atoms with van der Waals surface area (Å²) < 4.78 is 0.593. The Morgan fingerprint density at radius 1 is 1.60 bits per heavy atom. The molecule has 0 amide bonds. The van der Waals surface area contributed by atoms with Crippen LogP contribution in [0.2, 0.25) is 0 Å². The molecule has 4 nitrogen and oxygen atoms in total. The van der Waals surface area contributed by atoms with Crippen LogP contribution in [0.5, 0.6) is 0 Å². The number of aliphatic carboxylic acids is 1. The fourth-order valence-electron chi connectivity index (χ4n) is 1.14. The van der Waals surface area contributed by atoms with Gasteiger partial charge in [0.1, 0.15) is 0 Å². The van der Waals surface area contributed by atoms with Crippen molar-refractivity contribution in [3.05, 3.63) is 33.8 Å². The first-order chi connectivity index (χ1) is 7.04. The Kier molecular flexibility index (Phi) is 3.83. The highest BCUT2D eigenvalue weighted by atomic mass is 79.9. The number of halogens is 1. The summed E-state index contributed by atoms with van der Waals surface area (Å²) in [4.78, 5) is 10.4. The minimum Gasteiger partial charge on any atom is -0.481 e. The molecule has 1 aromatic rings. The van der Waals surface area contributed by atoms with Crippen molar-refractivity contribution >= 4 is 21.9 Å². The second-order valence-electron chi connectivity index (χ2n) is 2.96. The van der Waals surface area contributed by atoms with E-state index in [1.807, 2.05) is 6.07 Å². The lowest BCUT2D eigenvalue weighted by Crippen LogP contribution is -2.06. The highest BCUT2D eigenvalue weighted by Gasteiger charge is 2.15. The molecule has 78 valence electrons. The van der Waals surface area contributed by atoms with Crippen LogP contribution in [-0.4, -0.2) is 16.2 Å². The molecule has 0 aromatic heterocycles. The maximum atomic E-state index is 10.4. The lowest BCUT2D eigenvalue weighted by atomic mass is 10.0. The maximum Gasteiger partial charge on any atom is 0.306 e. The summed E-state index contributed by atoms with van der Waals surface area (Å²) in [7, 11) is 0. The fraction of sp³-hybridized carbons (Fsp3) is 0.200. The van der Waals surface area contributed by atoms with E-state index in [1.165, 1.54) is 6.07 Å². The van der Waals surface area contributed by atoms with Gasteiger partial charge in [-0.2, -0.15) is 5.26 Å². The summed E-state index contributed by atoms with van der Waals surface area (Å²) in [6.07, 6.45) is -1.49. The zero-order chi connectivity index (χ0) is 11.4. The van der Waals surface area contributed by atoms with Crippen LogP contribution in [0.3, 0.4) is 0 Å². The predicted molar refractivity (Wildman–Crippen MR) is 56.1 cm³/mol. The lowest BCUT2D eigenvalue weighted by molar-refractivity contribution is -0.139. The Labute approximate surface area is 94.9 Å². The van der Waals surface area contributed by atoms with Crippen LogP contribution in [0.4, 0.5) is 0 Å². The van der Waals surface area contributed by atoms with Crippen LogP contribution >= 0.6 is 15.9 Å². The molecule has 0 fully saturated rings. The summed E-state index contributed by atoms with van der Waals surface area (Å²) in [6.45, 7) is 0. The molecular formula is C10H8BrNO3. The summed E-state index contributed by atoms with van der Waals surface area (Å²) in [5.74, 6) is -1.09. The molecule has 1 atom stereocenters. The second kappa shape index (κ2) is 4.91.